The van der Waals surface area contributed by atoms with Gasteiger partial charge in [-0.3, -0.25) is 4.57 Å². The molecule has 8 rings (SSSR count). The number of nitrogens with two attached hydrogens (primary N) is 1. The number of anilines is 2. The molecular formula is C40H45FN8O2S. The summed E-state index contributed by atoms with van der Waals surface area (Å²) >= 11 is 1.95. The molecule has 3 fully saturated rings. The molecule has 10 nitrogen and oxygen atoms in total. The van der Waals surface area contributed by atoms with Crippen LogP contribution in [-0.4, -0.2) is 66.9 Å². The van der Waals surface area contributed by atoms with E-state index in [0.29, 0.717) is 51.4 Å². The van der Waals surface area contributed by atoms with Gasteiger partial charge in [-0.25, -0.2) is 28.4 Å². The Hall–Kier alpha value is -4.68. The lowest BCUT2D eigenvalue weighted by molar-refractivity contribution is 0.0377. The third-order valence-corrected chi connectivity index (χ3v) is 11.7. The Kier molecular flexibility index (Phi) is 9.07. The van der Waals surface area contributed by atoms with Crippen LogP contribution in [0, 0.1) is 5.82 Å². The van der Waals surface area contributed by atoms with E-state index in [1.165, 1.54) is 12.2 Å². The van der Waals surface area contributed by atoms with Crippen LogP contribution in [-0.2, 0) is 10.3 Å². The summed E-state index contributed by atoms with van der Waals surface area (Å²) in [5.74, 6) is 1.86. The van der Waals surface area contributed by atoms with Gasteiger partial charge in [0.2, 0.25) is 0 Å². The molecule has 0 atom stereocenters. The number of amides is 1. The van der Waals surface area contributed by atoms with E-state index in [9.17, 15) is 4.79 Å². The number of alkyl carbamates (subject to hydrolysis) is 1. The van der Waals surface area contributed by atoms with Crippen molar-refractivity contribution in [2.45, 2.75) is 76.5 Å². The third-order valence-electron chi connectivity index (χ3n) is 10.5. The van der Waals surface area contributed by atoms with Crippen LogP contribution >= 0.6 is 11.9 Å². The van der Waals surface area contributed by atoms with Crippen LogP contribution in [0.2, 0.25) is 0 Å². The number of ether oxygens (including phenoxy) is 1. The number of rotatable bonds is 7. The number of imidazole rings is 1. The van der Waals surface area contributed by atoms with E-state index in [2.05, 4.69) is 19.5 Å². The van der Waals surface area contributed by atoms with Crippen LogP contribution in [0.5, 0.6) is 0 Å². The Morgan fingerprint density at radius 1 is 0.962 bits per heavy atom. The van der Waals surface area contributed by atoms with Crippen molar-refractivity contribution in [1.82, 2.24) is 29.1 Å². The Labute approximate surface area is 308 Å². The Morgan fingerprint density at radius 3 is 2.40 bits per heavy atom. The summed E-state index contributed by atoms with van der Waals surface area (Å²) < 4.78 is 26.6. The normalized spacial score (nSPS) is 18.0. The largest absolute Gasteiger partial charge is 0.444 e. The van der Waals surface area contributed by atoms with Crippen molar-refractivity contribution < 1.29 is 13.9 Å². The molecular weight excluding hydrogens is 676 g/mol. The lowest BCUT2D eigenvalue weighted by atomic mass is 9.72. The number of piperidine rings is 1. The van der Waals surface area contributed by atoms with E-state index in [1.54, 1.807) is 12.3 Å². The highest BCUT2D eigenvalue weighted by Gasteiger charge is 2.41. The second-order valence-corrected chi connectivity index (χ2v) is 16.2. The molecule has 5 aromatic rings. The quantitative estimate of drug-likeness (QED) is 0.161. The lowest BCUT2D eigenvalue weighted by Gasteiger charge is -2.43. The smallest absolute Gasteiger partial charge is 0.408 e. The molecule has 1 saturated carbocycles. The average Bonchev–Trinajstić information content (AvgIpc) is 3.78. The van der Waals surface area contributed by atoms with Gasteiger partial charge >= 0.3 is 6.09 Å². The van der Waals surface area contributed by atoms with Crippen molar-refractivity contribution >= 4 is 40.7 Å². The number of nitrogen functional groups attached to an aromatic ring is 1. The molecule has 1 aliphatic carbocycles. The number of benzene rings is 2. The van der Waals surface area contributed by atoms with Crippen molar-refractivity contribution in [3.8, 4) is 28.3 Å². The van der Waals surface area contributed by atoms with Gasteiger partial charge in [-0.2, -0.15) is 0 Å². The Bertz CT molecular complexity index is 2100. The summed E-state index contributed by atoms with van der Waals surface area (Å²) in [6, 6.07) is 21.7. The van der Waals surface area contributed by atoms with Gasteiger partial charge in [0, 0.05) is 48.9 Å². The molecule has 0 unspecified atom stereocenters. The van der Waals surface area contributed by atoms with Crippen LogP contribution in [0.4, 0.5) is 20.7 Å². The first-order valence-electron chi connectivity index (χ1n) is 18.2. The standard InChI is InChI=1S/C40H45FN8O2S/c1-39(2,3)51-38(50)46-40(19-6-20-40)26-11-13-28(14-12-26)49-36(30-9-5-21-43-35(30)42)45-32-16-15-31(44-37(32)49)29-8-4-10-33(34(29)41)47-23-17-27(18-24-47)48-22-7-25-52-48/h4-5,8-16,21,27H,6-7,17-20,22-25H2,1-3H3,(H2,42,43)(H,46,50). The summed E-state index contributed by atoms with van der Waals surface area (Å²) in [6.07, 6.45) is 7.17. The van der Waals surface area contributed by atoms with Crippen LogP contribution in [0.3, 0.4) is 0 Å². The molecule has 0 spiro atoms. The first-order chi connectivity index (χ1) is 25.1. The molecule has 270 valence electrons. The maximum absolute atomic E-state index is 16.5. The number of aromatic nitrogens is 4. The van der Waals surface area contributed by atoms with Crippen LogP contribution in [0.15, 0.2) is 72.9 Å². The summed E-state index contributed by atoms with van der Waals surface area (Å²) in [4.78, 5) is 29.4. The molecule has 2 aromatic carbocycles. The summed E-state index contributed by atoms with van der Waals surface area (Å²) in [5.41, 5.74) is 10.6. The molecule has 1 amide bonds. The molecule has 5 heterocycles. The number of nitrogens with zero attached hydrogens (tertiary/aromatic N) is 6. The molecule has 3 aromatic heterocycles. The molecule has 2 saturated heterocycles. The highest BCUT2D eigenvalue weighted by molar-refractivity contribution is 7.97. The van der Waals surface area contributed by atoms with Crippen LogP contribution in [0.1, 0.15) is 64.9 Å². The first-order valence-corrected chi connectivity index (χ1v) is 19.2. The fourth-order valence-electron chi connectivity index (χ4n) is 7.70. The molecule has 52 heavy (non-hydrogen) atoms. The number of halogens is 1. The molecule has 0 bridgehead atoms. The molecule has 2 aliphatic heterocycles. The molecule has 3 aliphatic rings. The summed E-state index contributed by atoms with van der Waals surface area (Å²) in [6.45, 7) is 8.37. The second kappa shape index (κ2) is 13.7. The van der Waals surface area contributed by atoms with Gasteiger partial charge in [0.25, 0.3) is 0 Å². The van der Waals surface area contributed by atoms with Crippen LogP contribution in [0.25, 0.3) is 39.5 Å². The van der Waals surface area contributed by atoms with Gasteiger partial charge in [0.15, 0.2) is 17.3 Å². The monoisotopic (exact) mass is 720 g/mol. The number of nitrogens with one attached hydrogen (secondary N) is 1. The van der Waals surface area contributed by atoms with Crippen molar-refractivity contribution in [2.75, 3.05) is 36.0 Å². The first kappa shape index (κ1) is 34.4. The minimum Gasteiger partial charge on any atom is -0.444 e. The minimum atomic E-state index is -0.592. The molecule has 12 heteroatoms. The van der Waals surface area contributed by atoms with Gasteiger partial charge in [0.1, 0.15) is 16.9 Å². The van der Waals surface area contributed by atoms with Gasteiger partial charge in [-0.1, -0.05) is 30.1 Å². The van der Waals surface area contributed by atoms with Crippen molar-refractivity contribution in [2.24, 2.45) is 0 Å². The number of fused-ring (bicyclic) bond motifs is 1. The van der Waals surface area contributed by atoms with E-state index in [1.807, 2.05) is 97.9 Å². The fraction of sp³-hybridized carbons (Fsp3) is 0.400. The fourth-order valence-corrected chi connectivity index (χ4v) is 8.87. The predicted octanol–water partition coefficient (Wildman–Crippen LogP) is 8.10. The molecule has 0 radical (unpaired) electrons. The zero-order valence-corrected chi connectivity index (χ0v) is 30.8. The van der Waals surface area contributed by atoms with E-state index >= 15 is 4.39 Å². The predicted molar refractivity (Wildman–Crippen MR) is 206 cm³/mol. The summed E-state index contributed by atoms with van der Waals surface area (Å²) in [7, 11) is 0. The molecule has 3 N–H and O–H groups in total. The van der Waals surface area contributed by atoms with E-state index in [4.69, 9.17) is 20.4 Å². The summed E-state index contributed by atoms with van der Waals surface area (Å²) in [5, 5.41) is 3.15. The number of carbonyl (C=O) groups is 1. The van der Waals surface area contributed by atoms with Gasteiger partial charge in [0.05, 0.1) is 22.5 Å². The average molecular weight is 721 g/mol. The van der Waals surface area contributed by atoms with E-state index < -0.39 is 17.2 Å². The van der Waals surface area contributed by atoms with Crippen molar-refractivity contribution in [1.29, 1.82) is 0 Å². The number of carbonyl (C=O) groups excluding carboxylic acids is 1. The minimum absolute atomic E-state index is 0.265. The lowest BCUT2D eigenvalue weighted by Crippen LogP contribution is -2.52. The van der Waals surface area contributed by atoms with Gasteiger partial charge in [-0.05, 0) is 113 Å². The van der Waals surface area contributed by atoms with Crippen LogP contribution < -0.4 is 16.0 Å². The highest BCUT2D eigenvalue weighted by atomic mass is 32.2. The Morgan fingerprint density at radius 2 is 1.73 bits per heavy atom. The third kappa shape index (κ3) is 6.58. The maximum atomic E-state index is 16.5. The van der Waals surface area contributed by atoms with Crippen molar-refractivity contribution in [3.63, 3.8) is 0 Å². The number of hydrogen-bond acceptors (Lipinski definition) is 9. The topological polar surface area (TPSA) is 114 Å². The zero-order valence-electron chi connectivity index (χ0n) is 29.9. The van der Waals surface area contributed by atoms with Crippen molar-refractivity contribution in [3.05, 3.63) is 84.3 Å². The van der Waals surface area contributed by atoms with Gasteiger partial charge in [-0.15, -0.1) is 0 Å². The Balaban J connectivity index is 1.15. The van der Waals surface area contributed by atoms with E-state index in [-0.39, 0.29) is 5.82 Å². The highest BCUT2D eigenvalue weighted by Crippen LogP contribution is 2.42. The number of hydrogen-bond donors (Lipinski definition) is 2. The zero-order chi connectivity index (χ0) is 36.0. The number of pyridine rings is 2. The van der Waals surface area contributed by atoms with E-state index in [0.717, 1.165) is 63.0 Å². The second-order valence-electron chi connectivity index (χ2n) is 15.0. The maximum Gasteiger partial charge on any atom is 0.408 e. The van der Waals surface area contributed by atoms with Gasteiger partial charge < -0.3 is 20.7 Å². The SMILES string of the molecule is CC(C)(C)OC(=O)NC1(c2ccc(-n3c(-c4cccnc4N)nc4ccc(-c5cccc(N6CCC(N7CCCS7)CC6)c5F)nc43)cc2)CCC1.